The van der Waals surface area contributed by atoms with E-state index in [1.54, 1.807) is 0 Å². The second kappa shape index (κ2) is 10.4. The summed E-state index contributed by atoms with van der Waals surface area (Å²) in [5, 5.41) is 26.8. The summed E-state index contributed by atoms with van der Waals surface area (Å²) in [6.07, 6.45) is 15.1. The van der Waals surface area contributed by atoms with Gasteiger partial charge in [-0.2, -0.15) is 0 Å². The van der Waals surface area contributed by atoms with Gasteiger partial charge >= 0.3 is 0 Å². The van der Waals surface area contributed by atoms with Crippen LogP contribution in [-0.4, -0.2) is 47.2 Å². The number of aliphatic imine (C=N–C) groups is 1. The summed E-state index contributed by atoms with van der Waals surface area (Å²) >= 11 is 0. The van der Waals surface area contributed by atoms with Crippen LogP contribution in [0.25, 0.3) is 0 Å². The SMILES string of the molecule is CCC(/C=N/OCCCN=C(N)N)=C\[C@H]1CC[C@]2(O)[C@@H]3CC[C@@H]4C[C@@H](O)CC[C@]4(C)[C@H]3CC[C@]12C. The summed E-state index contributed by atoms with van der Waals surface area (Å²) in [6.45, 7) is 7.99. The normalized spacial score (nSPS) is 43.3. The number of nitrogens with zero attached hydrogens (tertiary/aromatic N) is 2. The Hall–Kier alpha value is -1.60. The highest BCUT2D eigenvalue weighted by Gasteiger charge is 2.66. The third-order valence-corrected chi connectivity index (χ3v) is 10.7. The van der Waals surface area contributed by atoms with E-state index < -0.39 is 5.60 Å². The summed E-state index contributed by atoms with van der Waals surface area (Å²) < 4.78 is 0. The number of hydrogen-bond acceptors (Lipinski definition) is 5. The monoisotopic (exact) mass is 488 g/mol. The Morgan fingerprint density at radius 1 is 1.06 bits per heavy atom. The lowest BCUT2D eigenvalue weighted by Gasteiger charge is -2.63. The second-order valence-corrected chi connectivity index (χ2v) is 12.3. The van der Waals surface area contributed by atoms with Gasteiger partial charge in [-0.15, -0.1) is 0 Å². The van der Waals surface area contributed by atoms with E-state index in [4.69, 9.17) is 16.3 Å². The zero-order valence-electron chi connectivity index (χ0n) is 22.1. The number of fused-ring (bicyclic) bond motifs is 5. The molecule has 4 saturated carbocycles. The van der Waals surface area contributed by atoms with E-state index in [2.05, 4.69) is 37.0 Å². The van der Waals surface area contributed by atoms with Gasteiger partial charge < -0.3 is 26.5 Å². The molecule has 4 fully saturated rings. The molecule has 0 saturated heterocycles. The highest BCUT2D eigenvalue weighted by Crippen LogP contribution is 2.69. The summed E-state index contributed by atoms with van der Waals surface area (Å²) in [4.78, 5) is 9.36. The highest BCUT2D eigenvalue weighted by molar-refractivity contribution is 5.78. The maximum Gasteiger partial charge on any atom is 0.185 e. The first-order valence-electron chi connectivity index (χ1n) is 14.0. The standard InChI is InChI=1S/C28H48N4O3/c1-4-19(18-32-35-15-5-14-31-25(29)30)16-21-8-13-28(34)24-7-6-20-17-22(33)9-11-26(20,2)23(24)10-12-27(21,28)3/h16,18,20-24,33-34H,4-15,17H2,1-3H3,(H4,29,30,31)/b19-16+,32-18+/t20-,21-,22+,23+,24-,26+,27-,28+/m1/s1. The van der Waals surface area contributed by atoms with Crippen LogP contribution in [0.1, 0.15) is 91.4 Å². The Labute approximate surface area is 211 Å². The molecule has 0 amide bonds. The molecule has 0 radical (unpaired) electrons. The molecule has 0 aromatic rings. The molecular weight excluding hydrogens is 440 g/mol. The smallest absolute Gasteiger partial charge is 0.185 e. The Morgan fingerprint density at radius 2 is 1.86 bits per heavy atom. The van der Waals surface area contributed by atoms with E-state index in [0.29, 0.717) is 36.8 Å². The fourth-order valence-electron chi connectivity index (χ4n) is 8.52. The summed E-state index contributed by atoms with van der Waals surface area (Å²) in [6, 6.07) is 0. The van der Waals surface area contributed by atoms with Gasteiger partial charge in [0.15, 0.2) is 5.96 Å². The van der Waals surface area contributed by atoms with Gasteiger partial charge in [-0.05, 0) is 98.9 Å². The van der Waals surface area contributed by atoms with E-state index in [1.807, 2.05) is 6.21 Å². The third kappa shape index (κ3) is 4.87. The molecule has 7 nitrogen and oxygen atoms in total. The molecule has 8 atom stereocenters. The Bertz CT molecular complexity index is 840. The van der Waals surface area contributed by atoms with Gasteiger partial charge in [-0.25, -0.2) is 0 Å². The first-order chi connectivity index (χ1) is 16.6. The van der Waals surface area contributed by atoms with Gasteiger partial charge in [0.05, 0.1) is 17.9 Å². The number of nitrogens with two attached hydrogens (primary N) is 2. The van der Waals surface area contributed by atoms with Gasteiger partial charge in [0.2, 0.25) is 0 Å². The van der Waals surface area contributed by atoms with Crippen LogP contribution in [0.4, 0.5) is 0 Å². The lowest BCUT2D eigenvalue weighted by molar-refractivity contribution is -0.207. The zero-order chi connectivity index (χ0) is 25.3. The van der Waals surface area contributed by atoms with Crippen LogP contribution in [0, 0.1) is 34.5 Å². The van der Waals surface area contributed by atoms with Gasteiger partial charge in [0.25, 0.3) is 0 Å². The van der Waals surface area contributed by atoms with Crippen molar-refractivity contribution in [2.75, 3.05) is 13.2 Å². The van der Waals surface area contributed by atoms with Crippen LogP contribution in [-0.2, 0) is 4.84 Å². The minimum Gasteiger partial charge on any atom is -0.396 e. The molecule has 0 aromatic heterocycles. The molecule has 0 aliphatic heterocycles. The molecule has 4 aliphatic rings. The first kappa shape index (κ1) is 26.5. The van der Waals surface area contributed by atoms with E-state index in [-0.39, 0.29) is 22.9 Å². The predicted molar refractivity (Wildman–Crippen MR) is 141 cm³/mol. The van der Waals surface area contributed by atoms with Crippen molar-refractivity contribution in [3.63, 3.8) is 0 Å². The van der Waals surface area contributed by atoms with Crippen molar-refractivity contribution in [3.8, 4) is 0 Å². The lowest BCUT2D eigenvalue weighted by Crippen LogP contribution is -2.62. The third-order valence-electron chi connectivity index (χ3n) is 10.7. The minimum absolute atomic E-state index is 0.0964. The number of rotatable bonds is 8. The number of allylic oxidation sites excluding steroid dienone is 2. The van der Waals surface area contributed by atoms with Crippen LogP contribution < -0.4 is 11.5 Å². The van der Waals surface area contributed by atoms with Crippen LogP contribution in [0.3, 0.4) is 0 Å². The van der Waals surface area contributed by atoms with Crippen molar-refractivity contribution in [1.29, 1.82) is 0 Å². The van der Waals surface area contributed by atoms with Crippen LogP contribution in [0.2, 0.25) is 0 Å². The molecular formula is C28H48N4O3. The molecule has 6 N–H and O–H groups in total. The molecule has 198 valence electrons. The van der Waals surface area contributed by atoms with Crippen LogP contribution in [0.15, 0.2) is 21.8 Å². The minimum atomic E-state index is -0.598. The molecule has 4 aliphatic carbocycles. The lowest BCUT2D eigenvalue weighted by atomic mass is 9.43. The summed E-state index contributed by atoms with van der Waals surface area (Å²) in [7, 11) is 0. The average Bonchev–Trinajstić information content (AvgIpc) is 3.08. The average molecular weight is 489 g/mol. The van der Waals surface area contributed by atoms with E-state index in [1.165, 1.54) is 12.0 Å². The quantitative estimate of drug-likeness (QED) is 0.177. The number of aliphatic hydroxyl groups is 2. The maximum absolute atomic E-state index is 12.3. The maximum atomic E-state index is 12.3. The summed E-state index contributed by atoms with van der Waals surface area (Å²) in [5.41, 5.74) is 11.4. The second-order valence-electron chi connectivity index (χ2n) is 12.3. The van der Waals surface area contributed by atoms with Crippen molar-refractivity contribution in [2.45, 2.75) is 103 Å². The van der Waals surface area contributed by atoms with Gasteiger partial charge in [0.1, 0.15) is 6.61 Å². The largest absolute Gasteiger partial charge is 0.396 e. The molecule has 0 bridgehead atoms. The first-order valence-corrected chi connectivity index (χ1v) is 14.0. The van der Waals surface area contributed by atoms with Gasteiger partial charge in [-0.3, -0.25) is 4.99 Å². The van der Waals surface area contributed by atoms with Gasteiger partial charge in [0, 0.05) is 18.4 Å². The molecule has 4 rings (SSSR count). The predicted octanol–water partition coefficient (Wildman–Crippen LogP) is 4.12. The molecule has 0 unspecified atom stereocenters. The molecule has 0 aromatic carbocycles. The van der Waals surface area contributed by atoms with Gasteiger partial charge in [-0.1, -0.05) is 32.0 Å². The van der Waals surface area contributed by atoms with Crippen molar-refractivity contribution in [1.82, 2.24) is 0 Å². The molecule has 35 heavy (non-hydrogen) atoms. The van der Waals surface area contributed by atoms with Crippen molar-refractivity contribution < 1.29 is 15.1 Å². The number of hydrogen-bond donors (Lipinski definition) is 4. The van der Waals surface area contributed by atoms with E-state index in [9.17, 15) is 10.2 Å². The van der Waals surface area contributed by atoms with Crippen LogP contribution >= 0.6 is 0 Å². The van der Waals surface area contributed by atoms with E-state index in [0.717, 1.165) is 64.2 Å². The number of guanidine groups is 1. The summed E-state index contributed by atoms with van der Waals surface area (Å²) in [5.74, 6) is 2.02. The fraction of sp³-hybridized carbons (Fsp3) is 0.857. The van der Waals surface area contributed by atoms with Crippen LogP contribution in [0.5, 0.6) is 0 Å². The zero-order valence-corrected chi connectivity index (χ0v) is 22.1. The highest BCUT2D eigenvalue weighted by atomic mass is 16.6. The molecule has 7 heteroatoms. The number of oxime groups is 1. The van der Waals surface area contributed by atoms with E-state index >= 15 is 0 Å². The Kier molecular flexibility index (Phi) is 7.87. The molecule has 0 heterocycles. The topological polar surface area (TPSA) is 126 Å². The van der Waals surface area contributed by atoms with Crippen molar-refractivity contribution in [3.05, 3.63) is 11.6 Å². The Balaban J connectivity index is 1.43. The van der Waals surface area contributed by atoms with Crippen molar-refractivity contribution >= 4 is 12.2 Å². The van der Waals surface area contributed by atoms with Crippen molar-refractivity contribution in [2.24, 2.45) is 56.1 Å². The fourth-order valence-corrected chi connectivity index (χ4v) is 8.52. The number of aliphatic hydroxyl groups excluding tert-OH is 1. The Morgan fingerprint density at radius 3 is 2.60 bits per heavy atom. The molecule has 0 spiro atoms.